The van der Waals surface area contributed by atoms with Crippen molar-refractivity contribution >= 4 is 35.1 Å². The van der Waals surface area contributed by atoms with Crippen molar-refractivity contribution in [3.05, 3.63) is 51.5 Å². The molecule has 0 atom stereocenters. The molecular weight excluding hydrogens is 380 g/mol. The molecule has 0 radical (unpaired) electrons. The maximum atomic E-state index is 12.6. The summed E-state index contributed by atoms with van der Waals surface area (Å²) in [5.41, 5.74) is 0.735. The minimum Gasteiger partial charge on any atom is -0.453 e. The molecule has 0 bridgehead atoms. The van der Waals surface area contributed by atoms with Crippen LogP contribution in [-0.2, 0) is 11.3 Å². The number of nitrogens with zero attached hydrogens (tertiary/aromatic N) is 2. The first kappa shape index (κ1) is 19.8. The molecule has 2 aromatic rings. The number of nitrogens with one attached hydrogen (secondary N) is 2. The van der Waals surface area contributed by atoms with Crippen LogP contribution in [0.1, 0.15) is 23.2 Å². The van der Waals surface area contributed by atoms with Crippen molar-refractivity contribution in [2.75, 3.05) is 20.2 Å². The summed E-state index contributed by atoms with van der Waals surface area (Å²) < 4.78 is 6.41. The molecule has 28 heavy (non-hydrogen) atoms. The highest BCUT2D eigenvalue weighted by Gasteiger charge is 2.24. The average Bonchev–Trinajstić information content (AvgIpc) is 2.70. The second-order valence-electron chi connectivity index (χ2n) is 6.60. The third-order valence-corrected chi connectivity index (χ3v) is 5.14. The predicted octanol–water partition coefficient (Wildman–Crippen LogP) is 2.21. The van der Waals surface area contributed by atoms with Crippen molar-refractivity contribution < 1.29 is 14.3 Å². The molecule has 9 heteroatoms. The number of carbonyl (C=O) groups excluding carboxylic acids is 2. The first-order chi connectivity index (χ1) is 13.4. The number of rotatable bonds is 4. The molecule has 1 saturated heterocycles. The zero-order valence-corrected chi connectivity index (χ0v) is 16.4. The normalized spacial score (nSPS) is 14.7. The highest BCUT2D eigenvalue weighted by atomic mass is 32.1. The van der Waals surface area contributed by atoms with Gasteiger partial charge in [-0.15, -0.1) is 6.58 Å². The summed E-state index contributed by atoms with van der Waals surface area (Å²) in [6, 6.07) is 4.85. The fourth-order valence-electron chi connectivity index (χ4n) is 3.29. The number of fused-ring (bicyclic) bond motifs is 1. The van der Waals surface area contributed by atoms with E-state index in [1.54, 1.807) is 29.2 Å². The molecule has 2 amide bonds. The fourth-order valence-corrected chi connectivity index (χ4v) is 3.56. The number of allylic oxidation sites excluding steroid dienone is 1. The number of benzene rings is 1. The number of aromatic nitrogens is 2. The Bertz CT molecular complexity index is 1030. The van der Waals surface area contributed by atoms with E-state index in [0.29, 0.717) is 48.9 Å². The van der Waals surface area contributed by atoms with Crippen molar-refractivity contribution in [2.45, 2.75) is 25.4 Å². The SMILES string of the molecule is C=CCn1c(=S)[nH]c2cc(C(=O)NC3CCN(C(=O)OC)CC3)ccc2c1=O. The number of hydrogen-bond acceptors (Lipinski definition) is 5. The number of ether oxygens (including phenoxy) is 1. The third-order valence-electron chi connectivity index (χ3n) is 4.82. The molecule has 0 spiro atoms. The molecule has 1 aromatic carbocycles. The van der Waals surface area contributed by atoms with Crippen LogP contribution in [-0.4, -0.2) is 52.7 Å². The zero-order valence-electron chi connectivity index (χ0n) is 15.6. The summed E-state index contributed by atoms with van der Waals surface area (Å²) in [6.45, 7) is 5.01. The average molecular weight is 402 g/mol. The monoisotopic (exact) mass is 402 g/mol. The predicted molar refractivity (Wildman–Crippen MR) is 108 cm³/mol. The van der Waals surface area contributed by atoms with Gasteiger partial charge in [0.2, 0.25) is 0 Å². The number of methoxy groups -OCH3 is 1. The zero-order chi connectivity index (χ0) is 20.3. The Morgan fingerprint density at radius 1 is 1.39 bits per heavy atom. The van der Waals surface area contributed by atoms with Gasteiger partial charge in [0.15, 0.2) is 4.77 Å². The Balaban J connectivity index is 1.75. The lowest BCUT2D eigenvalue weighted by Crippen LogP contribution is -2.46. The van der Waals surface area contributed by atoms with Crippen LogP contribution in [0, 0.1) is 4.77 Å². The van der Waals surface area contributed by atoms with Crippen molar-refractivity contribution in [3.63, 3.8) is 0 Å². The standard InChI is InChI=1S/C19H22N4O4S/c1-3-8-23-17(25)14-5-4-12(11-15(14)21-18(23)28)16(24)20-13-6-9-22(10-7-13)19(26)27-2/h3-5,11,13H,1,6-10H2,2H3,(H,20,24)(H,21,28). The molecule has 1 aliphatic rings. The van der Waals surface area contributed by atoms with Gasteiger partial charge in [0, 0.05) is 31.2 Å². The maximum Gasteiger partial charge on any atom is 0.409 e. The van der Waals surface area contributed by atoms with Gasteiger partial charge in [-0.3, -0.25) is 14.2 Å². The van der Waals surface area contributed by atoms with Crippen LogP contribution in [0.15, 0.2) is 35.6 Å². The van der Waals surface area contributed by atoms with E-state index in [1.165, 1.54) is 11.7 Å². The van der Waals surface area contributed by atoms with Crippen LogP contribution in [0.25, 0.3) is 10.9 Å². The van der Waals surface area contributed by atoms with E-state index in [4.69, 9.17) is 17.0 Å². The minimum absolute atomic E-state index is 0.0248. The Morgan fingerprint density at radius 3 is 2.75 bits per heavy atom. The lowest BCUT2D eigenvalue weighted by molar-refractivity contribution is 0.0892. The Hall–Kier alpha value is -2.94. The summed E-state index contributed by atoms with van der Waals surface area (Å²) in [6.07, 6.45) is 2.56. The minimum atomic E-state index is -0.350. The molecule has 1 aromatic heterocycles. The number of aromatic amines is 1. The highest BCUT2D eigenvalue weighted by molar-refractivity contribution is 7.71. The maximum absolute atomic E-state index is 12.6. The van der Waals surface area contributed by atoms with Crippen molar-refractivity contribution in [1.82, 2.24) is 19.8 Å². The van der Waals surface area contributed by atoms with E-state index in [9.17, 15) is 14.4 Å². The lowest BCUT2D eigenvalue weighted by Gasteiger charge is -2.31. The van der Waals surface area contributed by atoms with Crippen LogP contribution in [0.3, 0.4) is 0 Å². The lowest BCUT2D eigenvalue weighted by atomic mass is 10.0. The molecule has 2 heterocycles. The largest absolute Gasteiger partial charge is 0.453 e. The third kappa shape index (κ3) is 3.99. The first-order valence-corrected chi connectivity index (χ1v) is 9.37. The number of carbonyl (C=O) groups is 2. The molecule has 1 aliphatic heterocycles. The van der Waals surface area contributed by atoms with Crippen molar-refractivity contribution in [1.29, 1.82) is 0 Å². The Labute approximate surface area is 166 Å². The summed E-state index contributed by atoms with van der Waals surface area (Å²) in [5, 5.41) is 3.44. The van der Waals surface area contributed by atoms with E-state index < -0.39 is 0 Å². The summed E-state index contributed by atoms with van der Waals surface area (Å²) in [4.78, 5) is 41.3. The molecule has 3 rings (SSSR count). The van der Waals surface area contributed by atoms with Gasteiger partial charge < -0.3 is 19.9 Å². The van der Waals surface area contributed by atoms with Crippen LogP contribution in [0.4, 0.5) is 4.79 Å². The van der Waals surface area contributed by atoms with Crippen molar-refractivity contribution in [2.24, 2.45) is 0 Å². The highest BCUT2D eigenvalue weighted by Crippen LogP contribution is 2.14. The molecule has 8 nitrogen and oxygen atoms in total. The molecule has 2 N–H and O–H groups in total. The van der Waals surface area contributed by atoms with E-state index in [1.807, 2.05) is 0 Å². The quantitative estimate of drug-likeness (QED) is 0.604. The van der Waals surface area contributed by atoms with Crippen LogP contribution < -0.4 is 10.9 Å². The fraction of sp³-hybridized carbons (Fsp3) is 0.368. The number of hydrogen-bond donors (Lipinski definition) is 2. The van der Waals surface area contributed by atoms with Gasteiger partial charge >= 0.3 is 6.09 Å². The summed E-state index contributed by atoms with van der Waals surface area (Å²) in [5.74, 6) is -0.229. The topological polar surface area (TPSA) is 96.4 Å². The second-order valence-corrected chi connectivity index (χ2v) is 6.99. The number of amides is 2. The smallest absolute Gasteiger partial charge is 0.409 e. The van der Waals surface area contributed by atoms with E-state index in [-0.39, 0.29) is 28.4 Å². The Morgan fingerprint density at radius 2 is 2.11 bits per heavy atom. The van der Waals surface area contributed by atoms with Crippen LogP contribution in [0.5, 0.6) is 0 Å². The molecular formula is C19H22N4O4S. The molecule has 0 unspecified atom stereocenters. The van der Waals surface area contributed by atoms with E-state index >= 15 is 0 Å². The van der Waals surface area contributed by atoms with Gasteiger partial charge in [-0.1, -0.05) is 6.08 Å². The van der Waals surface area contributed by atoms with Crippen LogP contribution in [0.2, 0.25) is 0 Å². The van der Waals surface area contributed by atoms with Gasteiger partial charge in [-0.25, -0.2) is 4.79 Å². The van der Waals surface area contributed by atoms with Gasteiger partial charge in [-0.2, -0.15) is 0 Å². The Kier molecular flexibility index (Phi) is 5.93. The molecule has 148 valence electrons. The number of piperidine rings is 1. The van der Waals surface area contributed by atoms with Gasteiger partial charge in [0.1, 0.15) is 0 Å². The summed E-state index contributed by atoms with van der Waals surface area (Å²) in [7, 11) is 1.35. The molecule has 1 fully saturated rings. The summed E-state index contributed by atoms with van der Waals surface area (Å²) >= 11 is 5.23. The molecule has 0 aliphatic carbocycles. The first-order valence-electron chi connectivity index (χ1n) is 8.96. The van der Waals surface area contributed by atoms with Crippen molar-refractivity contribution in [3.8, 4) is 0 Å². The molecule has 0 saturated carbocycles. The van der Waals surface area contributed by atoms with E-state index in [2.05, 4.69) is 16.9 Å². The number of H-pyrrole nitrogens is 1. The second kappa shape index (κ2) is 8.39. The number of likely N-dealkylation sites (tertiary alicyclic amines) is 1. The van der Waals surface area contributed by atoms with Gasteiger partial charge in [0.25, 0.3) is 11.5 Å². The van der Waals surface area contributed by atoms with Crippen LogP contribution >= 0.6 is 12.2 Å². The van der Waals surface area contributed by atoms with Gasteiger partial charge in [0.05, 0.1) is 18.0 Å². The van der Waals surface area contributed by atoms with E-state index in [0.717, 1.165) is 0 Å². The van der Waals surface area contributed by atoms with Gasteiger partial charge in [-0.05, 0) is 43.3 Å².